The SMILES string of the molecule is Cc1nnc2n1CCN(C(=O)C[C@H](N)Cc1cc(F)c(Br)cc1F)C2. The number of aryl methyl sites for hydroxylation is 1. The summed E-state index contributed by atoms with van der Waals surface area (Å²) in [5.74, 6) is 0.342. The van der Waals surface area contributed by atoms with Gasteiger partial charge in [-0.25, -0.2) is 8.78 Å². The first kappa shape index (κ1) is 17.9. The van der Waals surface area contributed by atoms with Gasteiger partial charge in [-0.1, -0.05) is 0 Å². The lowest BCUT2D eigenvalue weighted by molar-refractivity contribution is -0.133. The number of carbonyl (C=O) groups excluding carboxylic acids is 1. The summed E-state index contributed by atoms with van der Waals surface area (Å²) in [4.78, 5) is 14.1. The molecular formula is C16H18BrF2N5O. The summed E-state index contributed by atoms with van der Waals surface area (Å²) in [5, 5.41) is 8.06. The van der Waals surface area contributed by atoms with Crippen molar-refractivity contribution in [3.05, 3.63) is 45.5 Å². The van der Waals surface area contributed by atoms with Crippen LogP contribution >= 0.6 is 15.9 Å². The summed E-state index contributed by atoms with van der Waals surface area (Å²) in [6, 6.07) is 1.58. The van der Waals surface area contributed by atoms with Crippen molar-refractivity contribution in [1.82, 2.24) is 19.7 Å². The first-order valence-corrected chi connectivity index (χ1v) is 8.70. The predicted molar refractivity (Wildman–Crippen MR) is 90.5 cm³/mol. The van der Waals surface area contributed by atoms with E-state index in [1.165, 1.54) is 0 Å². The van der Waals surface area contributed by atoms with Crippen LogP contribution in [0.5, 0.6) is 0 Å². The Balaban J connectivity index is 1.61. The number of halogens is 3. The molecule has 0 bridgehead atoms. The van der Waals surface area contributed by atoms with E-state index in [0.29, 0.717) is 19.6 Å². The normalized spacial score (nSPS) is 15.2. The number of aromatic nitrogens is 3. The molecule has 1 aromatic carbocycles. The molecule has 3 rings (SSSR count). The third-order valence-electron chi connectivity index (χ3n) is 4.30. The lowest BCUT2D eigenvalue weighted by Gasteiger charge is -2.28. The van der Waals surface area contributed by atoms with Crippen LogP contribution in [0.1, 0.15) is 23.6 Å². The molecule has 0 saturated heterocycles. The van der Waals surface area contributed by atoms with Crippen molar-refractivity contribution < 1.29 is 13.6 Å². The maximum Gasteiger partial charge on any atom is 0.224 e. The zero-order chi connectivity index (χ0) is 18.1. The van der Waals surface area contributed by atoms with Crippen molar-refractivity contribution in [3.8, 4) is 0 Å². The molecule has 0 spiro atoms. The van der Waals surface area contributed by atoms with Crippen LogP contribution in [0.4, 0.5) is 8.78 Å². The number of hydrogen-bond donors (Lipinski definition) is 1. The molecule has 0 saturated carbocycles. The predicted octanol–water partition coefficient (Wildman–Crippen LogP) is 1.93. The average molecular weight is 414 g/mol. The number of amides is 1. The van der Waals surface area contributed by atoms with Gasteiger partial charge in [0, 0.05) is 25.6 Å². The van der Waals surface area contributed by atoms with Crippen LogP contribution in [-0.4, -0.2) is 38.2 Å². The lowest BCUT2D eigenvalue weighted by Crippen LogP contribution is -2.41. The fraction of sp³-hybridized carbons (Fsp3) is 0.438. The molecule has 0 fully saturated rings. The average Bonchev–Trinajstić information content (AvgIpc) is 2.93. The van der Waals surface area contributed by atoms with Crippen LogP contribution in [0.2, 0.25) is 0 Å². The highest BCUT2D eigenvalue weighted by molar-refractivity contribution is 9.10. The standard InChI is InChI=1S/C16H18BrF2N5O/c1-9-21-22-15-8-23(2-3-24(9)15)16(25)6-11(20)4-10-5-14(19)12(17)7-13(10)18/h5,7,11H,2-4,6,8,20H2,1H3/t11-/m1/s1. The van der Waals surface area contributed by atoms with Crippen molar-refractivity contribution >= 4 is 21.8 Å². The number of fused-ring (bicyclic) bond motifs is 1. The van der Waals surface area contributed by atoms with Gasteiger partial charge in [-0.15, -0.1) is 10.2 Å². The molecule has 25 heavy (non-hydrogen) atoms. The van der Waals surface area contributed by atoms with Gasteiger partial charge in [0.2, 0.25) is 5.91 Å². The summed E-state index contributed by atoms with van der Waals surface area (Å²) in [7, 11) is 0. The van der Waals surface area contributed by atoms with Gasteiger partial charge >= 0.3 is 0 Å². The summed E-state index contributed by atoms with van der Waals surface area (Å²) in [6.45, 7) is 3.45. The van der Waals surface area contributed by atoms with Crippen LogP contribution in [0.25, 0.3) is 0 Å². The van der Waals surface area contributed by atoms with Gasteiger partial charge < -0.3 is 15.2 Å². The second-order valence-electron chi connectivity index (χ2n) is 6.16. The Morgan fingerprint density at radius 2 is 2.08 bits per heavy atom. The number of nitrogens with two attached hydrogens (primary N) is 1. The van der Waals surface area contributed by atoms with Crippen LogP contribution in [0.3, 0.4) is 0 Å². The molecule has 134 valence electrons. The van der Waals surface area contributed by atoms with Crippen LogP contribution < -0.4 is 5.73 Å². The fourth-order valence-corrected chi connectivity index (χ4v) is 3.26. The second-order valence-corrected chi connectivity index (χ2v) is 7.01. The molecule has 0 aliphatic carbocycles. The van der Waals surface area contributed by atoms with Crippen molar-refractivity contribution in [2.75, 3.05) is 6.54 Å². The molecule has 2 N–H and O–H groups in total. The largest absolute Gasteiger partial charge is 0.333 e. The summed E-state index contributed by atoms with van der Waals surface area (Å²) in [5.41, 5.74) is 6.15. The zero-order valence-corrected chi connectivity index (χ0v) is 15.3. The summed E-state index contributed by atoms with van der Waals surface area (Å²) >= 11 is 2.93. The van der Waals surface area contributed by atoms with E-state index in [9.17, 15) is 13.6 Å². The van der Waals surface area contributed by atoms with Gasteiger partial charge in [-0.05, 0) is 47.0 Å². The number of benzene rings is 1. The quantitative estimate of drug-likeness (QED) is 0.776. The Bertz CT molecular complexity index is 810. The Morgan fingerprint density at radius 1 is 1.32 bits per heavy atom. The lowest BCUT2D eigenvalue weighted by atomic mass is 10.0. The molecule has 1 aromatic heterocycles. The van der Waals surface area contributed by atoms with Gasteiger partial charge in [0.1, 0.15) is 17.5 Å². The molecule has 6 nitrogen and oxygen atoms in total. The van der Waals surface area contributed by atoms with E-state index in [-0.39, 0.29) is 28.8 Å². The van der Waals surface area contributed by atoms with Gasteiger partial charge in [0.15, 0.2) is 5.82 Å². The molecule has 2 heterocycles. The van der Waals surface area contributed by atoms with E-state index in [1.54, 1.807) is 4.90 Å². The smallest absolute Gasteiger partial charge is 0.224 e. The monoisotopic (exact) mass is 413 g/mol. The molecule has 1 atom stereocenters. The minimum absolute atomic E-state index is 0.0598. The van der Waals surface area contributed by atoms with Crippen molar-refractivity contribution in [3.63, 3.8) is 0 Å². The van der Waals surface area contributed by atoms with Gasteiger partial charge in [-0.2, -0.15) is 0 Å². The third kappa shape index (κ3) is 3.87. The van der Waals surface area contributed by atoms with E-state index in [4.69, 9.17) is 5.73 Å². The maximum absolute atomic E-state index is 13.9. The number of rotatable bonds is 4. The van der Waals surface area contributed by atoms with Crippen molar-refractivity contribution in [2.24, 2.45) is 5.73 Å². The van der Waals surface area contributed by atoms with E-state index in [1.807, 2.05) is 11.5 Å². The van der Waals surface area contributed by atoms with Gasteiger partial charge in [0.05, 0.1) is 11.0 Å². The summed E-state index contributed by atoms with van der Waals surface area (Å²) < 4.78 is 29.5. The van der Waals surface area contributed by atoms with E-state index in [2.05, 4.69) is 26.1 Å². The highest BCUT2D eigenvalue weighted by Crippen LogP contribution is 2.21. The molecular weight excluding hydrogens is 396 g/mol. The fourth-order valence-electron chi connectivity index (χ4n) is 2.94. The second kappa shape index (κ2) is 7.17. The first-order valence-electron chi connectivity index (χ1n) is 7.90. The minimum Gasteiger partial charge on any atom is -0.333 e. The molecule has 0 unspecified atom stereocenters. The first-order chi connectivity index (χ1) is 11.8. The van der Waals surface area contributed by atoms with Crippen molar-refractivity contribution in [1.29, 1.82) is 0 Å². The molecule has 0 radical (unpaired) electrons. The van der Waals surface area contributed by atoms with Crippen LogP contribution in [-0.2, 0) is 24.3 Å². The zero-order valence-electron chi connectivity index (χ0n) is 13.7. The van der Waals surface area contributed by atoms with E-state index < -0.39 is 17.7 Å². The number of nitrogens with zero attached hydrogens (tertiary/aromatic N) is 4. The number of hydrogen-bond acceptors (Lipinski definition) is 4. The minimum atomic E-state index is -0.593. The van der Waals surface area contributed by atoms with Gasteiger partial charge in [0.25, 0.3) is 0 Å². The molecule has 9 heteroatoms. The van der Waals surface area contributed by atoms with E-state index >= 15 is 0 Å². The Hall–Kier alpha value is -1.87. The highest BCUT2D eigenvalue weighted by Gasteiger charge is 2.25. The molecule has 1 amide bonds. The molecule has 1 aliphatic rings. The third-order valence-corrected chi connectivity index (χ3v) is 4.91. The van der Waals surface area contributed by atoms with Crippen LogP contribution in [0.15, 0.2) is 16.6 Å². The molecule has 2 aromatic rings. The maximum atomic E-state index is 13.9. The Kier molecular flexibility index (Phi) is 5.14. The van der Waals surface area contributed by atoms with E-state index in [0.717, 1.165) is 23.8 Å². The Morgan fingerprint density at radius 3 is 2.84 bits per heavy atom. The number of carbonyl (C=O) groups is 1. The topological polar surface area (TPSA) is 77.0 Å². The van der Waals surface area contributed by atoms with Gasteiger partial charge in [-0.3, -0.25) is 4.79 Å². The van der Waals surface area contributed by atoms with Crippen LogP contribution in [0, 0.1) is 18.6 Å². The molecule has 1 aliphatic heterocycles. The summed E-state index contributed by atoms with van der Waals surface area (Å²) in [6.07, 6.45) is 0.148. The Labute approximate surface area is 152 Å². The van der Waals surface area contributed by atoms with Crippen molar-refractivity contribution in [2.45, 2.75) is 38.9 Å². The highest BCUT2D eigenvalue weighted by atomic mass is 79.9.